The van der Waals surface area contributed by atoms with Crippen LogP contribution in [0.15, 0.2) is 71.5 Å². The normalized spacial score (nSPS) is 13.5. The number of hydrogen-bond acceptors (Lipinski definition) is 5. The molecule has 4 aromatic rings. The molecule has 1 aromatic heterocycles. The van der Waals surface area contributed by atoms with Crippen molar-refractivity contribution in [2.45, 2.75) is 45.3 Å². The number of aromatic nitrogens is 3. The van der Waals surface area contributed by atoms with Crippen LogP contribution in [0.5, 0.6) is 5.75 Å². The summed E-state index contributed by atoms with van der Waals surface area (Å²) in [6, 6.07) is 18.4. The van der Waals surface area contributed by atoms with Crippen molar-refractivity contribution in [1.82, 2.24) is 19.7 Å². The molecule has 5 rings (SSSR count). The predicted octanol–water partition coefficient (Wildman–Crippen LogP) is 4.56. The summed E-state index contributed by atoms with van der Waals surface area (Å²) < 4.78 is 24.0. The topological polar surface area (TPSA) is 107 Å². The van der Waals surface area contributed by atoms with Crippen molar-refractivity contribution >= 4 is 17.5 Å². The van der Waals surface area contributed by atoms with Crippen LogP contribution >= 0.6 is 0 Å². The van der Waals surface area contributed by atoms with Gasteiger partial charge in [-0.25, -0.2) is 9.18 Å². The van der Waals surface area contributed by atoms with Crippen molar-refractivity contribution in [2.75, 3.05) is 5.32 Å². The molecule has 1 aliphatic rings. The zero-order valence-corrected chi connectivity index (χ0v) is 22.5. The Morgan fingerprint density at radius 3 is 2.50 bits per heavy atom. The van der Waals surface area contributed by atoms with Gasteiger partial charge in [0.15, 0.2) is 0 Å². The van der Waals surface area contributed by atoms with Gasteiger partial charge in [0.25, 0.3) is 11.8 Å². The standard InChI is InChI=1S/C30H30FN5O4/c1-4-27-34-36(30(39)35(27)3)25-17-26(40-18(2)19-9-6-5-7-10-19)23(16-24(25)31)29(38)33-22-12-8-11-20(15-22)28(37)32-21-13-14-21/h5-12,15-18,21H,4,13-14H2,1-3H3,(H,32,37)(H,33,38). The minimum absolute atomic E-state index is 0.0726. The maximum Gasteiger partial charge on any atom is 0.350 e. The van der Waals surface area contributed by atoms with Gasteiger partial charge in [0.1, 0.15) is 29.2 Å². The first-order chi connectivity index (χ1) is 19.2. The monoisotopic (exact) mass is 543 g/mol. The molecule has 1 unspecified atom stereocenters. The first kappa shape index (κ1) is 26.9. The maximum atomic E-state index is 15.5. The Kier molecular flexibility index (Phi) is 7.50. The van der Waals surface area contributed by atoms with E-state index in [1.54, 1.807) is 31.3 Å². The Morgan fingerprint density at radius 2 is 1.82 bits per heavy atom. The zero-order chi connectivity index (χ0) is 28.4. The van der Waals surface area contributed by atoms with Crippen LogP contribution in [0.1, 0.15) is 64.9 Å². The summed E-state index contributed by atoms with van der Waals surface area (Å²) in [5, 5.41) is 9.92. The fourth-order valence-corrected chi connectivity index (χ4v) is 4.34. The Balaban J connectivity index is 1.50. The number of carbonyl (C=O) groups is 2. The highest BCUT2D eigenvalue weighted by Crippen LogP contribution is 2.30. The van der Waals surface area contributed by atoms with Crippen LogP contribution in [0.2, 0.25) is 0 Å². The van der Waals surface area contributed by atoms with E-state index in [2.05, 4.69) is 15.7 Å². The number of hydrogen-bond donors (Lipinski definition) is 2. The van der Waals surface area contributed by atoms with E-state index in [9.17, 15) is 14.4 Å². The lowest BCUT2D eigenvalue weighted by Crippen LogP contribution is -2.25. The summed E-state index contributed by atoms with van der Waals surface area (Å²) >= 11 is 0. The Hall–Kier alpha value is -4.73. The number of benzene rings is 3. The molecule has 206 valence electrons. The molecule has 0 saturated heterocycles. The molecule has 2 N–H and O–H groups in total. The molecule has 9 nitrogen and oxygen atoms in total. The number of anilines is 1. The third kappa shape index (κ3) is 5.66. The van der Waals surface area contributed by atoms with Crippen LogP contribution in [0.25, 0.3) is 5.69 Å². The summed E-state index contributed by atoms with van der Waals surface area (Å²) in [6.45, 7) is 3.65. The number of nitrogens with one attached hydrogen (secondary N) is 2. The molecule has 40 heavy (non-hydrogen) atoms. The van der Waals surface area contributed by atoms with E-state index in [0.29, 0.717) is 23.5 Å². The lowest BCUT2D eigenvalue weighted by molar-refractivity contribution is 0.0949. The van der Waals surface area contributed by atoms with Gasteiger partial charge in [-0.1, -0.05) is 43.3 Å². The summed E-state index contributed by atoms with van der Waals surface area (Å²) in [5.74, 6) is -1.12. The van der Waals surface area contributed by atoms with Crippen LogP contribution in [-0.2, 0) is 13.5 Å². The highest BCUT2D eigenvalue weighted by Gasteiger charge is 2.25. The van der Waals surface area contributed by atoms with Gasteiger partial charge in [-0.15, -0.1) is 5.10 Å². The Labute approximate surface area is 230 Å². The number of rotatable bonds is 9. The van der Waals surface area contributed by atoms with E-state index in [1.165, 1.54) is 10.6 Å². The number of amides is 2. The van der Waals surface area contributed by atoms with Gasteiger partial charge in [-0.3, -0.25) is 14.2 Å². The van der Waals surface area contributed by atoms with Gasteiger partial charge in [0, 0.05) is 36.8 Å². The van der Waals surface area contributed by atoms with Crippen LogP contribution in [0.3, 0.4) is 0 Å². The molecule has 0 bridgehead atoms. The smallest absolute Gasteiger partial charge is 0.350 e. The van der Waals surface area contributed by atoms with E-state index in [0.717, 1.165) is 29.2 Å². The van der Waals surface area contributed by atoms with Crippen molar-refractivity contribution in [3.8, 4) is 11.4 Å². The summed E-state index contributed by atoms with van der Waals surface area (Å²) in [6.07, 6.45) is 1.90. The zero-order valence-electron chi connectivity index (χ0n) is 22.5. The molecular weight excluding hydrogens is 513 g/mol. The fraction of sp³-hybridized carbons (Fsp3) is 0.267. The average molecular weight is 544 g/mol. The van der Waals surface area contributed by atoms with Gasteiger partial charge in [0.05, 0.1) is 5.56 Å². The lowest BCUT2D eigenvalue weighted by atomic mass is 10.1. The van der Waals surface area contributed by atoms with E-state index >= 15 is 4.39 Å². The van der Waals surface area contributed by atoms with Crippen molar-refractivity contribution in [3.63, 3.8) is 0 Å². The summed E-state index contributed by atoms with van der Waals surface area (Å²) in [5.41, 5.74) is 0.895. The number of aryl methyl sites for hydroxylation is 1. The highest BCUT2D eigenvalue weighted by molar-refractivity contribution is 6.07. The second kappa shape index (κ2) is 11.2. The van der Waals surface area contributed by atoms with Gasteiger partial charge in [-0.05, 0) is 49.6 Å². The first-order valence-corrected chi connectivity index (χ1v) is 13.2. The third-order valence-electron chi connectivity index (χ3n) is 6.78. The molecule has 0 radical (unpaired) electrons. The van der Waals surface area contributed by atoms with Crippen molar-refractivity contribution < 1.29 is 18.7 Å². The molecular formula is C30H30FN5O4. The van der Waals surface area contributed by atoms with Gasteiger partial charge in [0.2, 0.25) is 0 Å². The molecule has 1 fully saturated rings. The molecule has 2 amide bonds. The van der Waals surface area contributed by atoms with Gasteiger partial charge in [-0.2, -0.15) is 4.68 Å². The van der Waals surface area contributed by atoms with Gasteiger partial charge < -0.3 is 15.4 Å². The molecule has 0 spiro atoms. The average Bonchev–Trinajstić information content (AvgIpc) is 3.73. The number of halogens is 1. The van der Waals surface area contributed by atoms with E-state index in [4.69, 9.17) is 4.74 Å². The van der Waals surface area contributed by atoms with Gasteiger partial charge >= 0.3 is 5.69 Å². The quantitative estimate of drug-likeness (QED) is 0.322. The predicted molar refractivity (Wildman–Crippen MR) is 149 cm³/mol. The Morgan fingerprint density at radius 1 is 1.07 bits per heavy atom. The third-order valence-corrected chi connectivity index (χ3v) is 6.78. The summed E-state index contributed by atoms with van der Waals surface area (Å²) in [4.78, 5) is 38.7. The maximum absolute atomic E-state index is 15.5. The second-order valence-corrected chi connectivity index (χ2v) is 9.78. The highest BCUT2D eigenvalue weighted by atomic mass is 19.1. The molecule has 10 heteroatoms. The van der Waals surface area contributed by atoms with E-state index in [-0.39, 0.29) is 28.9 Å². The SMILES string of the molecule is CCc1nn(-c2cc(OC(C)c3ccccc3)c(C(=O)Nc3cccc(C(=O)NC4CC4)c3)cc2F)c(=O)n1C. The van der Waals surface area contributed by atoms with Crippen LogP contribution < -0.4 is 21.1 Å². The lowest BCUT2D eigenvalue weighted by Gasteiger charge is -2.19. The number of nitrogens with zero attached hydrogens (tertiary/aromatic N) is 3. The largest absolute Gasteiger partial charge is 0.485 e. The van der Waals surface area contributed by atoms with Crippen LogP contribution in [-0.4, -0.2) is 32.2 Å². The molecule has 1 saturated carbocycles. The molecule has 1 heterocycles. The minimum Gasteiger partial charge on any atom is -0.485 e. The molecule has 1 atom stereocenters. The number of carbonyl (C=O) groups excluding carboxylic acids is 2. The van der Waals surface area contributed by atoms with E-state index in [1.807, 2.05) is 44.2 Å². The van der Waals surface area contributed by atoms with Crippen molar-refractivity contribution in [1.29, 1.82) is 0 Å². The fourth-order valence-electron chi connectivity index (χ4n) is 4.34. The van der Waals surface area contributed by atoms with Crippen molar-refractivity contribution in [2.24, 2.45) is 7.05 Å². The molecule has 3 aromatic carbocycles. The Bertz CT molecular complexity index is 1630. The molecule has 0 aliphatic heterocycles. The summed E-state index contributed by atoms with van der Waals surface area (Å²) in [7, 11) is 1.57. The van der Waals surface area contributed by atoms with Crippen LogP contribution in [0.4, 0.5) is 10.1 Å². The molecule has 1 aliphatic carbocycles. The van der Waals surface area contributed by atoms with E-state index < -0.39 is 23.5 Å². The van der Waals surface area contributed by atoms with Crippen LogP contribution in [0, 0.1) is 5.82 Å². The second-order valence-electron chi connectivity index (χ2n) is 9.78. The van der Waals surface area contributed by atoms with Crippen molar-refractivity contribution in [3.05, 3.63) is 106 Å². The minimum atomic E-state index is -0.815. The first-order valence-electron chi connectivity index (χ1n) is 13.2. The number of ether oxygens (including phenoxy) is 1.